The van der Waals surface area contributed by atoms with E-state index in [2.05, 4.69) is 0 Å². The molecule has 0 bridgehead atoms. The number of hydrogen-bond acceptors (Lipinski definition) is 4. The smallest absolute Gasteiger partial charge is 0.317 e. The average Bonchev–Trinajstić information content (AvgIpc) is 2.68. The van der Waals surface area contributed by atoms with E-state index >= 15 is 0 Å². The van der Waals surface area contributed by atoms with Crippen molar-refractivity contribution in [2.75, 3.05) is 13.7 Å². The largest absolute Gasteiger partial charge is 0.496 e. The van der Waals surface area contributed by atoms with Crippen molar-refractivity contribution < 1.29 is 23.5 Å². The number of ketones is 1. The Kier molecular flexibility index (Phi) is 5.69. The summed E-state index contributed by atoms with van der Waals surface area (Å²) in [4.78, 5) is 25.3. The average molecular weight is 368 g/mol. The van der Waals surface area contributed by atoms with Crippen molar-refractivity contribution in [3.63, 3.8) is 0 Å². The van der Waals surface area contributed by atoms with Crippen LogP contribution in [0.1, 0.15) is 30.4 Å². The van der Waals surface area contributed by atoms with Crippen LogP contribution in [0.5, 0.6) is 5.75 Å². The summed E-state index contributed by atoms with van der Waals surface area (Å²) in [6, 6.07) is 13.3. The zero-order chi connectivity index (χ0) is 19.4. The number of methoxy groups -OCH3 is 1. The Morgan fingerprint density at radius 1 is 1.15 bits per heavy atom. The van der Waals surface area contributed by atoms with E-state index in [-0.39, 0.29) is 18.2 Å². The predicted octanol–water partition coefficient (Wildman–Crippen LogP) is 4.15. The van der Waals surface area contributed by atoms with E-state index < -0.39 is 17.8 Å². The fraction of sp³-hybridized carbons (Fsp3) is 0.273. The molecule has 27 heavy (non-hydrogen) atoms. The van der Waals surface area contributed by atoms with E-state index in [4.69, 9.17) is 9.47 Å². The van der Waals surface area contributed by atoms with Crippen LogP contribution in [0.4, 0.5) is 4.39 Å². The molecule has 0 saturated carbocycles. The lowest BCUT2D eigenvalue weighted by Crippen LogP contribution is -2.34. The lowest BCUT2D eigenvalue weighted by atomic mass is 9.73. The number of esters is 1. The Hall–Kier alpha value is -2.95. The van der Waals surface area contributed by atoms with Crippen molar-refractivity contribution >= 4 is 17.3 Å². The van der Waals surface area contributed by atoms with Crippen LogP contribution in [0.2, 0.25) is 0 Å². The molecule has 1 aliphatic carbocycles. The minimum absolute atomic E-state index is 0.196. The maximum Gasteiger partial charge on any atom is 0.317 e. The van der Waals surface area contributed by atoms with Crippen molar-refractivity contribution in [2.24, 2.45) is 5.92 Å². The first-order valence-corrected chi connectivity index (χ1v) is 8.85. The molecule has 0 amide bonds. The van der Waals surface area contributed by atoms with Crippen LogP contribution < -0.4 is 4.74 Å². The van der Waals surface area contributed by atoms with Crippen LogP contribution in [-0.2, 0) is 14.3 Å². The second-order valence-electron chi connectivity index (χ2n) is 6.36. The van der Waals surface area contributed by atoms with E-state index in [1.165, 1.54) is 18.2 Å². The molecule has 2 aromatic rings. The van der Waals surface area contributed by atoms with Gasteiger partial charge in [-0.15, -0.1) is 0 Å². The summed E-state index contributed by atoms with van der Waals surface area (Å²) < 4.78 is 23.9. The fourth-order valence-corrected chi connectivity index (χ4v) is 3.50. The quantitative estimate of drug-likeness (QED) is 0.588. The van der Waals surface area contributed by atoms with Gasteiger partial charge in [0.25, 0.3) is 0 Å². The molecule has 1 aliphatic rings. The zero-order valence-corrected chi connectivity index (χ0v) is 15.3. The highest BCUT2D eigenvalue weighted by molar-refractivity contribution is 6.11. The molecule has 4 nitrogen and oxygen atoms in total. The molecule has 3 rings (SSSR count). The van der Waals surface area contributed by atoms with Crippen molar-refractivity contribution in [3.05, 3.63) is 71.6 Å². The SMILES string of the molecule is CCOC(=O)[C@@H]1C(=O)C=C(c2ccccc2OC)C[C@@H]1c1ccc(F)cc1. The molecular formula is C22H21FO4. The van der Waals surface area contributed by atoms with Gasteiger partial charge in [0.15, 0.2) is 5.78 Å². The predicted molar refractivity (Wildman–Crippen MR) is 99.9 cm³/mol. The molecule has 0 N–H and O–H groups in total. The van der Waals surface area contributed by atoms with Gasteiger partial charge in [-0.2, -0.15) is 0 Å². The summed E-state index contributed by atoms with van der Waals surface area (Å²) in [5.41, 5.74) is 2.32. The highest BCUT2D eigenvalue weighted by Gasteiger charge is 2.40. The molecule has 2 atom stereocenters. The number of carbonyl (C=O) groups excluding carboxylic acids is 2. The summed E-state index contributed by atoms with van der Waals surface area (Å²) in [6.07, 6.45) is 1.95. The van der Waals surface area contributed by atoms with Crippen molar-refractivity contribution in [3.8, 4) is 5.75 Å². The summed E-state index contributed by atoms with van der Waals surface area (Å²) in [6.45, 7) is 1.90. The number of benzene rings is 2. The van der Waals surface area contributed by atoms with E-state index in [0.29, 0.717) is 12.2 Å². The molecule has 0 radical (unpaired) electrons. The van der Waals surface area contributed by atoms with Gasteiger partial charge in [-0.05, 0) is 48.8 Å². The molecular weight excluding hydrogens is 347 g/mol. The lowest BCUT2D eigenvalue weighted by Gasteiger charge is -2.30. The fourth-order valence-electron chi connectivity index (χ4n) is 3.50. The monoisotopic (exact) mass is 368 g/mol. The van der Waals surface area contributed by atoms with E-state index in [1.54, 1.807) is 26.2 Å². The number of rotatable bonds is 5. The lowest BCUT2D eigenvalue weighted by molar-refractivity contribution is -0.151. The highest BCUT2D eigenvalue weighted by atomic mass is 19.1. The third-order valence-electron chi connectivity index (χ3n) is 4.76. The molecule has 0 aromatic heterocycles. The third kappa shape index (κ3) is 3.92. The topological polar surface area (TPSA) is 52.6 Å². The van der Waals surface area contributed by atoms with Crippen LogP contribution in [0.25, 0.3) is 5.57 Å². The van der Waals surface area contributed by atoms with E-state index in [9.17, 15) is 14.0 Å². The van der Waals surface area contributed by atoms with Crippen LogP contribution in [-0.4, -0.2) is 25.5 Å². The number of ether oxygens (including phenoxy) is 2. The second kappa shape index (κ2) is 8.16. The number of para-hydroxylation sites is 1. The number of halogens is 1. The van der Waals surface area contributed by atoms with Crippen molar-refractivity contribution in [1.29, 1.82) is 0 Å². The number of carbonyl (C=O) groups is 2. The molecule has 2 aromatic carbocycles. The van der Waals surface area contributed by atoms with Gasteiger partial charge in [-0.25, -0.2) is 4.39 Å². The van der Waals surface area contributed by atoms with Gasteiger partial charge >= 0.3 is 5.97 Å². The number of allylic oxidation sites excluding steroid dienone is 2. The Bertz CT molecular complexity index is 870. The standard InChI is InChI=1S/C22H21FO4/c1-3-27-22(25)21-18(14-8-10-16(23)11-9-14)12-15(13-19(21)24)17-6-4-5-7-20(17)26-2/h4-11,13,18,21H,3,12H2,1-2H3/t18-,21+/m1/s1. The van der Waals surface area contributed by atoms with Gasteiger partial charge < -0.3 is 9.47 Å². The first-order valence-electron chi connectivity index (χ1n) is 8.85. The van der Waals surface area contributed by atoms with Gasteiger partial charge in [0.2, 0.25) is 0 Å². The highest BCUT2D eigenvalue weighted by Crippen LogP contribution is 2.42. The van der Waals surface area contributed by atoms with E-state index in [0.717, 1.165) is 16.7 Å². The maximum absolute atomic E-state index is 13.4. The molecule has 5 heteroatoms. The van der Waals surface area contributed by atoms with Gasteiger partial charge in [0.1, 0.15) is 17.5 Å². The minimum Gasteiger partial charge on any atom is -0.496 e. The zero-order valence-electron chi connectivity index (χ0n) is 15.3. The minimum atomic E-state index is -0.936. The molecule has 0 unspecified atom stereocenters. The van der Waals surface area contributed by atoms with Gasteiger partial charge in [0.05, 0.1) is 13.7 Å². The first-order chi connectivity index (χ1) is 13.0. The first kappa shape index (κ1) is 18.8. The van der Waals surface area contributed by atoms with Gasteiger partial charge in [0, 0.05) is 11.5 Å². The van der Waals surface area contributed by atoms with Gasteiger partial charge in [-0.1, -0.05) is 30.3 Å². The molecule has 0 heterocycles. The molecule has 0 spiro atoms. The normalized spacial score (nSPS) is 19.4. The van der Waals surface area contributed by atoms with Crippen LogP contribution in [0.15, 0.2) is 54.6 Å². The Balaban J connectivity index is 2.05. The van der Waals surface area contributed by atoms with E-state index in [1.807, 2.05) is 24.3 Å². The Morgan fingerprint density at radius 3 is 2.52 bits per heavy atom. The van der Waals surface area contributed by atoms with Gasteiger partial charge in [-0.3, -0.25) is 9.59 Å². The van der Waals surface area contributed by atoms with Crippen molar-refractivity contribution in [1.82, 2.24) is 0 Å². The molecule has 140 valence electrons. The molecule has 0 aliphatic heterocycles. The molecule has 0 fully saturated rings. The second-order valence-corrected chi connectivity index (χ2v) is 6.36. The third-order valence-corrected chi connectivity index (χ3v) is 4.76. The number of hydrogen-bond donors (Lipinski definition) is 0. The van der Waals surface area contributed by atoms with Crippen LogP contribution in [0.3, 0.4) is 0 Å². The summed E-state index contributed by atoms with van der Waals surface area (Å²) in [5.74, 6) is -1.93. The maximum atomic E-state index is 13.4. The van der Waals surface area contributed by atoms with Crippen LogP contribution in [0, 0.1) is 11.7 Å². The Labute approximate surface area is 157 Å². The summed E-state index contributed by atoms with van der Waals surface area (Å²) in [5, 5.41) is 0. The summed E-state index contributed by atoms with van der Waals surface area (Å²) in [7, 11) is 1.57. The summed E-state index contributed by atoms with van der Waals surface area (Å²) >= 11 is 0. The van der Waals surface area contributed by atoms with Crippen LogP contribution >= 0.6 is 0 Å². The molecule has 0 saturated heterocycles. The van der Waals surface area contributed by atoms with Crippen molar-refractivity contribution in [2.45, 2.75) is 19.3 Å². The Morgan fingerprint density at radius 2 is 1.85 bits per heavy atom.